The van der Waals surface area contributed by atoms with Crippen LogP contribution >= 0.6 is 11.6 Å². The summed E-state index contributed by atoms with van der Waals surface area (Å²) in [5, 5.41) is 4.15. The van der Waals surface area contributed by atoms with E-state index in [1.165, 1.54) is 17.8 Å². The van der Waals surface area contributed by atoms with Gasteiger partial charge < -0.3 is 5.73 Å². The molecule has 8 heteroatoms. The molecule has 26 heavy (non-hydrogen) atoms. The van der Waals surface area contributed by atoms with Gasteiger partial charge in [0, 0.05) is 24.2 Å². The number of nitrogens with two attached hydrogens (primary N) is 1. The minimum absolute atomic E-state index is 0.0246. The Kier molecular flexibility index (Phi) is 4.32. The normalized spacial score (nSPS) is 14.2. The van der Waals surface area contributed by atoms with Crippen LogP contribution in [0.4, 0.5) is 14.7 Å². The average Bonchev–Trinajstić information content (AvgIpc) is 3.34. The van der Waals surface area contributed by atoms with Crippen molar-refractivity contribution in [3.8, 4) is 11.4 Å². The Morgan fingerprint density at radius 3 is 2.65 bits per heavy atom. The van der Waals surface area contributed by atoms with Crippen LogP contribution in [0.5, 0.6) is 0 Å². The van der Waals surface area contributed by atoms with E-state index in [9.17, 15) is 8.78 Å². The number of nitrogens with zero attached hydrogens (tertiary/aromatic N) is 4. The van der Waals surface area contributed by atoms with Crippen molar-refractivity contribution < 1.29 is 8.78 Å². The Balaban J connectivity index is 1.78. The molecule has 1 aliphatic rings. The van der Waals surface area contributed by atoms with Crippen molar-refractivity contribution >= 4 is 17.5 Å². The van der Waals surface area contributed by atoms with Crippen molar-refractivity contribution in [1.29, 1.82) is 0 Å². The molecule has 0 unspecified atom stereocenters. The monoisotopic (exact) mass is 375 g/mol. The molecule has 2 aromatic heterocycles. The van der Waals surface area contributed by atoms with Gasteiger partial charge in [-0.15, -0.1) is 0 Å². The molecule has 0 amide bonds. The maximum absolute atomic E-state index is 13.2. The molecule has 0 spiro atoms. The van der Waals surface area contributed by atoms with Crippen molar-refractivity contribution in [2.45, 2.75) is 31.7 Å². The minimum Gasteiger partial charge on any atom is -0.368 e. The number of nitrogen functional groups attached to an aromatic ring is 1. The summed E-state index contributed by atoms with van der Waals surface area (Å²) in [7, 11) is 0. The summed E-state index contributed by atoms with van der Waals surface area (Å²) < 4.78 is 27.1. The van der Waals surface area contributed by atoms with Gasteiger partial charge >= 0.3 is 6.55 Å². The zero-order valence-corrected chi connectivity index (χ0v) is 14.5. The van der Waals surface area contributed by atoms with Crippen LogP contribution < -0.4 is 5.73 Å². The number of benzene rings is 1. The van der Waals surface area contributed by atoms with Crippen LogP contribution in [0.2, 0.25) is 5.15 Å². The Morgan fingerprint density at radius 2 is 1.96 bits per heavy atom. The molecule has 0 saturated heterocycles. The molecule has 0 aliphatic heterocycles. The SMILES string of the molecule is Nc1nc(Cl)cc(-c2nn(C(F)F)cc2Cc2ccccc2C2CC2)n1. The van der Waals surface area contributed by atoms with Crippen LogP contribution in [-0.4, -0.2) is 19.7 Å². The predicted molar refractivity (Wildman–Crippen MR) is 95.2 cm³/mol. The first-order valence-corrected chi connectivity index (χ1v) is 8.63. The number of anilines is 1. The lowest BCUT2D eigenvalue weighted by molar-refractivity contribution is 0.0567. The van der Waals surface area contributed by atoms with Crippen LogP contribution in [0.3, 0.4) is 0 Å². The quantitative estimate of drug-likeness (QED) is 0.669. The fraction of sp³-hybridized carbons (Fsp3) is 0.278. The van der Waals surface area contributed by atoms with E-state index in [0.717, 1.165) is 18.4 Å². The lowest BCUT2D eigenvalue weighted by Crippen LogP contribution is -2.00. The summed E-state index contributed by atoms with van der Waals surface area (Å²) in [6, 6.07) is 9.57. The molecule has 1 fully saturated rings. The highest BCUT2D eigenvalue weighted by atomic mass is 35.5. The van der Waals surface area contributed by atoms with Crippen molar-refractivity contribution in [3.63, 3.8) is 0 Å². The molecule has 1 saturated carbocycles. The molecule has 0 atom stereocenters. The number of hydrogen-bond acceptors (Lipinski definition) is 4. The summed E-state index contributed by atoms with van der Waals surface area (Å²) in [5.74, 6) is 0.535. The second kappa shape index (κ2) is 6.64. The van der Waals surface area contributed by atoms with Crippen LogP contribution in [0, 0.1) is 0 Å². The highest BCUT2D eigenvalue weighted by Gasteiger charge is 2.26. The van der Waals surface area contributed by atoms with Gasteiger partial charge in [0.2, 0.25) is 5.95 Å². The number of rotatable bonds is 5. The fourth-order valence-corrected chi connectivity index (χ4v) is 3.31. The highest BCUT2D eigenvalue weighted by molar-refractivity contribution is 6.29. The second-order valence-corrected chi connectivity index (χ2v) is 6.73. The van der Waals surface area contributed by atoms with Gasteiger partial charge in [-0.05, 0) is 29.9 Å². The third-order valence-electron chi connectivity index (χ3n) is 4.42. The summed E-state index contributed by atoms with van der Waals surface area (Å²) >= 11 is 5.94. The molecule has 134 valence electrons. The van der Waals surface area contributed by atoms with E-state index in [-0.39, 0.29) is 11.1 Å². The van der Waals surface area contributed by atoms with Crippen LogP contribution in [0.15, 0.2) is 36.5 Å². The van der Waals surface area contributed by atoms with Crippen molar-refractivity contribution in [2.24, 2.45) is 0 Å². The zero-order valence-electron chi connectivity index (χ0n) is 13.7. The average molecular weight is 376 g/mol. The summed E-state index contributed by atoms with van der Waals surface area (Å²) in [5.41, 5.74) is 9.34. The van der Waals surface area contributed by atoms with E-state index in [2.05, 4.69) is 21.1 Å². The minimum atomic E-state index is -2.74. The fourth-order valence-electron chi connectivity index (χ4n) is 3.12. The molecule has 3 aromatic rings. The van der Waals surface area contributed by atoms with Crippen LogP contribution in [0.1, 0.15) is 42.0 Å². The first kappa shape index (κ1) is 16.9. The molecule has 0 radical (unpaired) electrons. The Morgan fingerprint density at radius 1 is 1.19 bits per heavy atom. The molecule has 2 heterocycles. The second-order valence-electron chi connectivity index (χ2n) is 6.34. The maximum Gasteiger partial charge on any atom is 0.333 e. The number of alkyl halides is 2. The molecular formula is C18H16ClF2N5. The van der Waals surface area contributed by atoms with Gasteiger partial charge in [0.15, 0.2) is 0 Å². The Bertz CT molecular complexity index is 932. The summed E-state index contributed by atoms with van der Waals surface area (Å²) in [6.07, 6.45) is 4.17. The molecular weight excluding hydrogens is 360 g/mol. The van der Waals surface area contributed by atoms with Gasteiger partial charge in [-0.2, -0.15) is 13.9 Å². The van der Waals surface area contributed by atoms with Gasteiger partial charge in [0.05, 0.1) is 5.69 Å². The van der Waals surface area contributed by atoms with Crippen LogP contribution in [-0.2, 0) is 6.42 Å². The van der Waals surface area contributed by atoms with E-state index in [4.69, 9.17) is 17.3 Å². The van der Waals surface area contributed by atoms with Crippen molar-refractivity contribution in [1.82, 2.24) is 19.7 Å². The molecule has 2 N–H and O–H groups in total. The molecule has 1 aromatic carbocycles. The first-order chi connectivity index (χ1) is 12.5. The molecule has 1 aliphatic carbocycles. The van der Waals surface area contributed by atoms with E-state index < -0.39 is 6.55 Å². The molecule has 4 rings (SSSR count). The van der Waals surface area contributed by atoms with Crippen molar-refractivity contribution in [3.05, 3.63) is 58.4 Å². The number of aromatic nitrogens is 4. The molecule has 0 bridgehead atoms. The van der Waals surface area contributed by atoms with Gasteiger partial charge in [0.1, 0.15) is 10.8 Å². The first-order valence-electron chi connectivity index (χ1n) is 8.25. The largest absolute Gasteiger partial charge is 0.368 e. The Hall–Kier alpha value is -2.54. The molecule has 5 nitrogen and oxygen atoms in total. The topological polar surface area (TPSA) is 69.6 Å². The predicted octanol–water partition coefficient (Wildman–Crippen LogP) is 4.44. The van der Waals surface area contributed by atoms with E-state index in [0.29, 0.717) is 34.0 Å². The maximum atomic E-state index is 13.2. The van der Waals surface area contributed by atoms with Gasteiger partial charge in [-0.3, -0.25) is 0 Å². The number of halogens is 3. The van der Waals surface area contributed by atoms with Gasteiger partial charge in [-0.25, -0.2) is 14.6 Å². The lowest BCUT2D eigenvalue weighted by atomic mass is 9.97. The zero-order chi connectivity index (χ0) is 18.3. The Labute approximate surface area is 153 Å². The van der Waals surface area contributed by atoms with E-state index >= 15 is 0 Å². The number of hydrogen-bond donors (Lipinski definition) is 1. The smallest absolute Gasteiger partial charge is 0.333 e. The lowest BCUT2D eigenvalue weighted by Gasteiger charge is -2.09. The van der Waals surface area contributed by atoms with Gasteiger partial charge in [0.25, 0.3) is 0 Å². The van der Waals surface area contributed by atoms with Crippen LogP contribution in [0.25, 0.3) is 11.4 Å². The van der Waals surface area contributed by atoms with E-state index in [1.54, 1.807) is 0 Å². The third-order valence-corrected chi connectivity index (χ3v) is 4.61. The highest BCUT2D eigenvalue weighted by Crippen LogP contribution is 2.42. The third kappa shape index (κ3) is 3.39. The van der Waals surface area contributed by atoms with E-state index in [1.807, 2.05) is 18.2 Å². The summed E-state index contributed by atoms with van der Waals surface area (Å²) in [4.78, 5) is 7.92. The van der Waals surface area contributed by atoms with Crippen molar-refractivity contribution in [2.75, 3.05) is 5.73 Å². The summed E-state index contributed by atoms with van der Waals surface area (Å²) in [6.45, 7) is -2.74. The standard InChI is InChI=1S/C18H16ClF2N5/c19-15-8-14(23-18(22)24-15)16-12(9-26(25-16)17(20)21)7-11-3-1-2-4-13(11)10-5-6-10/h1-4,8-10,17H,5-7H2,(H2,22,23,24). The van der Waals surface area contributed by atoms with Gasteiger partial charge in [-0.1, -0.05) is 35.9 Å².